The molecule has 0 unspecified atom stereocenters. The molecular formula is C22H22N4O8. The van der Waals surface area contributed by atoms with Crippen molar-refractivity contribution >= 4 is 23.2 Å². The summed E-state index contributed by atoms with van der Waals surface area (Å²) in [5.74, 6) is -1.91. The van der Waals surface area contributed by atoms with Crippen LogP contribution in [0.15, 0.2) is 48.5 Å². The summed E-state index contributed by atoms with van der Waals surface area (Å²) in [6.07, 6.45) is 2.69. The SMILES string of the molecule is O=C1C(=O)N(OCc2ccccc2[N+](=O)[O-])[C@H]2CCCC[C@@H]2N1OCc1ccccc1[N+](=O)[O-]. The van der Waals surface area contributed by atoms with Gasteiger partial charge in [0.25, 0.3) is 11.4 Å². The first-order valence-electron chi connectivity index (χ1n) is 10.8. The van der Waals surface area contributed by atoms with Crippen molar-refractivity contribution in [2.24, 2.45) is 0 Å². The van der Waals surface area contributed by atoms with E-state index in [0.29, 0.717) is 12.8 Å². The maximum Gasteiger partial charge on any atom is 0.338 e. The molecule has 0 N–H and O–H groups in total. The zero-order valence-corrected chi connectivity index (χ0v) is 18.1. The van der Waals surface area contributed by atoms with E-state index in [1.54, 1.807) is 12.1 Å². The fourth-order valence-electron chi connectivity index (χ4n) is 4.34. The molecule has 2 fully saturated rings. The number of carbonyl (C=O) groups is 2. The highest BCUT2D eigenvalue weighted by molar-refractivity contribution is 6.35. The first-order chi connectivity index (χ1) is 16.4. The van der Waals surface area contributed by atoms with Gasteiger partial charge in [-0.25, -0.2) is 10.1 Å². The molecule has 1 aliphatic heterocycles. The summed E-state index contributed by atoms with van der Waals surface area (Å²) in [7, 11) is 0. The smallest absolute Gasteiger partial charge is 0.265 e. The summed E-state index contributed by atoms with van der Waals surface area (Å²) in [5.41, 5.74) is 0.256. The second-order valence-corrected chi connectivity index (χ2v) is 8.00. The molecule has 1 aliphatic carbocycles. The van der Waals surface area contributed by atoms with Crippen molar-refractivity contribution in [3.8, 4) is 0 Å². The van der Waals surface area contributed by atoms with Gasteiger partial charge in [-0.2, -0.15) is 0 Å². The minimum Gasteiger partial charge on any atom is -0.265 e. The normalized spacial score (nSPS) is 20.2. The number of rotatable bonds is 8. The van der Waals surface area contributed by atoms with E-state index in [1.165, 1.54) is 36.4 Å². The zero-order valence-electron chi connectivity index (χ0n) is 18.1. The Balaban J connectivity index is 1.51. The third kappa shape index (κ3) is 4.58. The molecule has 12 heteroatoms. The van der Waals surface area contributed by atoms with Crippen LogP contribution in [0.5, 0.6) is 0 Å². The van der Waals surface area contributed by atoms with Crippen molar-refractivity contribution in [1.82, 2.24) is 10.1 Å². The predicted octanol–water partition coefficient (Wildman–Crippen LogP) is 3.05. The molecule has 1 heterocycles. The standard InChI is InChI=1S/C22H22N4O8/c27-21-22(28)24(34-14-16-8-2-4-10-18(16)26(31)32)20-12-6-5-11-19(20)23(21)33-13-15-7-1-3-9-17(15)25(29)30/h1-4,7-10,19-20H,5-6,11-14H2/t19-,20-/m0/s1. The Morgan fingerprint density at radius 2 is 1.12 bits per heavy atom. The van der Waals surface area contributed by atoms with Crippen LogP contribution in [0, 0.1) is 20.2 Å². The Bertz CT molecular complexity index is 1040. The van der Waals surface area contributed by atoms with Crippen molar-refractivity contribution in [3.63, 3.8) is 0 Å². The molecule has 2 amide bonds. The number of nitro benzene ring substituents is 2. The van der Waals surface area contributed by atoms with Gasteiger partial charge in [0.1, 0.15) is 13.2 Å². The average molecular weight is 470 g/mol. The van der Waals surface area contributed by atoms with Crippen LogP contribution < -0.4 is 0 Å². The van der Waals surface area contributed by atoms with Crippen LogP contribution in [-0.4, -0.2) is 43.9 Å². The molecule has 0 radical (unpaired) electrons. The second-order valence-electron chi connectivity index (χ2n) is 8.00. The third-order valence-electron chi connectivity index (χ3n) is 5.97. The minimum atomic E-state index is -0.954. The molecule has 1 saturated carbocycles. The van der Waals surface area contributed by atoms with Gasteiger partial charge in [-0.1, -0.05) is 37.1 Å². The van der Waals surface area contributed by atoms with E-state index in [9.17, 15) is 29.8 Å². The monoisotopic (exact) mass is 470 g/mol. The van der Waals surface area contributed by atoms with Crippen LogP contribution in [0.25, 0.3) is 0 Å². The number of benzene rings is 2. The molecule has 0 bridgehead atoms. The third-order valence-corrected chi connectivity index (χ3v) is 5.97. The van der Waals surface area contributed by atoms with Crippen LogP contribution in [0.3, 0.4) is 0 Å². The zero-order chi connectivity index (χ0) is 24.2. The Morgan fingerprint density at radius 1 is 0.735 bits per heavy atom. The van der Waals surface area contributed by atoms with Gasteiger partial charge in [0.2, 0.25) is 0 Å². The fraction of sp³-hybridized carbons (Fsp3) is 0.364. The largest absolute Gasteiger partial charge is 0.338 e. The summed E-state index contributed by atoms with van der Waals surface area (Å²) < 4.78 is 0. The number of amides is 2. The van der Waals surface area contributed by atoms with Crippen LogP contribution in [0.1, 0.15) is 36.8 Å². The maximum atomic E-state index is 12.9. The molecule has 4 rings (SSSR count). The predicted molar refractivity (Wildman–Crippen MR) is 116 cm³/mol. The molecule has 0 spiro atoms. The highest BCUT2D eigenvalue weighted by Crippen LogP contribution is 2.33. The number of para-hydroxylation sites is 2. The lowest BCUT2D eigenvalue weighted by Gasteiger charge is -2.46. The number of fused-ring (bicyclic) bond motifs is 1. The number of hydroxylamine groups is 4. The molecule has 1 saturated heterocycles. The number of nitro groups is 2. The number of piperazine rings is 1. The van der Waals surface area contributed by atoms with Crippen LogP contribution >= 0.6 is 0 Å². The van der Waals surface area contributed by atoms with Gasteiger partial charge in [0, 0.05) is 12.1 Å². The molecule has 2 atom stereocenters. The van der Waals surface area contributed by atoms with Crippen molar-refractivity contribution in [3.05, 3.63) is 79.9 Å². The van der Waals surface area contributed by atoms with Crippen molar-refractivity contribution in [2.75, 3.05) is 0 Å². The summed E-state index contributed by atoms with van der Waals surface area (Å²) in [4.78, 5) is 58.6. The van der Waals surface area contributed by atoms with Gasteiger partial charge in [-0.15, -0.1) is 0 Å². The first kappa shape index (κ1) is 23.3. The highest BCUT2D eigenvalue weighted by atomic mass is 16.7. The molecule has 2 aliphatic rings. The van der Waals surface area contributed by atoms with Crippen molar-refractivity contribution in [2.45, 2.75) is 51.0 Å². The lowest BCUT2D eigenvalue weighted by Crippen LogP contribution is -2.65. The van der Waals surface area contributed by atoms with Crippen LogP contribution in [0.4, 0.5) is 11.4 Å². The van der Waals surface area contributed by atoms with E-state index in [-0.39, 0.29) is 35.7 Å². The Morgan fingerprint density at radius 3 is 1.50 bits per heavy atom. The fourth-order valence-corrected chi connectivity index (χ4v) is 4.34. The van der Waals surface area contributed by atoms with Gasteiger partial charge in [-0.05, 0) is 25.0 Å². The second kappa shape index (κ2) is 9.93. The van der Waals surface area contributed by atoms with Crippen LogP contribution in [-0.2, 0) is 32.5 Å². The van der Waals surface area contributed by atoms with E-state index < -0.39 is 33.7 Å². The molecule has 0 aromatic heterocycles. The summed E-state index contributed by atoms with van der Waals surface area (Å²) >= 11 is 0. The Kier molecular flexibility index (Phi) is 6.80. The first-order valence-corrected chi connectivity index (χ1v) is 10.8. The molecule has 12 nitrogen and oxygen atoms in total. The van der Waals surface area contributed by atoms with Gasteiger partial charge < -0.3 is 0 Å². The van der Waals surface area contributed by atoms with E-state index in [0.717, 1.165) is 23.0 Å². The Labute approximate surface area is 193 Å². The minimum absolute atomic E-state index is 0.145. The summed E-state index contributed by atoms with van der Waals surface area (Å²) in [6, 6.07) is 11.0. The summed E-state index contributed by atoms with van der Waals surface area (Å²) in [5, 5.41) is 24.5. The number of hydrogen-bond acceptors (Lipinski definition) is 8. The van der Waals surface area contributed by atoms with Crippen molar-refractivity contribution < 1.29 is 29.1 Å². The van der Waals surface area contributed by atoms with Crippen LogP contribution in [0.2, 0.25) is 0 Å². The highest BCUT2D eigenvalue weighted by Gasteiger charge is 2.49. The van der Waals surface area contributed by atoms with E-state index >= 15 is 0 Å². The quantitative estimate of drug-likeness (QED) is 0.325. The molecule has 178 valence electrons. The van der Waals surface area contributed by atoms with Gasteiger partial charge in [0.15, 0.2) is 0 Å². The average Bonchev–Trinajstić information content (AvgIpc) is 2.84. The number of hydrogen-bond donors (Lipinski definition) is 0. The van der Waals surface area contributed by atoms with Crippen molar-refractivity contribution in [1.29, 1.82) is 0 Å². The van der Waals surface area contributed by atoms with E-state index in [4.69, 9.17) is 9.68 Å². The van der Waals surface area contributed by atoms with Gasteiger partial charge >= 0.3 is 11.8 Å². The summed E-state index contributed by atoms with van der Waals surface area (Å²) in [6.45, 7) is -0.507. The van der Waals surface area contributed by atoms with E-state index in [1.807, 2.05) is 0 Å². The molecular weight excluding hydrogens is 448 g/mol. The Hall–Kier alpha value is -3.90. The van der Waals surface area contributed by atoms with Gasteiger partial charge in [0.05, 0.1) is 33.1 Å². The lowest BCUT2D eigenvalue weighted by molar-refractivity contribution is -0.386. The lowest BCUT2D eigenvalue weighted by atomic mass is 9.88. The van der Waals surface area contributed by atoms with Gasteiger partial charge in [-0.3, -0.25) is 39.5 Å². The maximum absolute atomic E-state index is 12.9. The number of nitrogens with zero attached hydrogens (tertiary/aromatic N) is 4. The number of carbonyl (C=O) groups excluding carboxylic acids is 2. The molecule has 2 aromatic carbocycles. The van der Waals surface area contributed by atoms with E-state index in [2.05, 4.69) is 0 Å². The topological polar surface area (TPSA) is 145 Å². The molecule has 2 aromatic rings. The molecule has 34 heavy (non-hydrogen) atoms.